The molecule has 9 aromatic carbocycles. The van der Waals surface area contributed by atoms with Crippen molar-refractivity contribution in [2.75, 3.05) is 4.90 Å². The Morgan fingerprint density at radius 3 is 1.47 bits per heavy atom. The van der Waals surface area contributed by atoms with Crippen LogP contribution < -0.4 is 4.90 Å². The SMILES string of the molecule is CC(C)(C)c1ccccc1N(c1ccccc1-c1ccc(-c2ccccc2)c2ccccc12)c1cccc2c1-c1ccccc1C21c2ccccc2-c2ccccc21. The van der Waals surface area contributed by atoms with Crippen molar-refractivity contribution in [2.45, 2.75) is 31.6 Å². The van der Waals surface area contributed by atoms with Crippen molar-refractivity contribution in [2.24, 2.45) is 0 Å². The van der Waals surface area contributed by atoms with Gasteiger partial charge >= 0.3 is 0 Å². The van der Waals surface area contributed by atoms with Crippen LogP contribution in [0.1, 0.15) is 48.6 Å². The molecular weight excluding hydrogens is 699 g/mol. The van der Waals surface area contributed by atoms with Gasteiger partial charge in [0.25, 0.3) is 0 Å². The average Bonchev–Trinajstić information content (AvgIpc) is 3.74. The number of fused-ring (bicyclic) bond motifs is 11. The molecule has 2 aliphatic rings. The van der Waals surface area contributed by atoms with Gasteiger partial charge < -0.3 is 4.90 Å². The number of rotatable bonds is 5. The van der Waals surface area contributed by atoms with Crippen molar-refractivity contribution in [1.82, 2.24) is 0 Å². The van der Waals surface area contributed by atoms with Crippen molar-refractivity contribution in [3.63, 3.8) is 0 Å². The summed E-state index contributed by atoms with van der Waals surface area (Å²) >= 11 is 0. The third-order valence-corrected chi connectivity index (χ3v) is 12.6. The average molecular weight is 742 g/mol. The van der Waals surface area contributed by atoms with E-state index in [4.69, 9.17) is 0 Å². The first-order valence-electron chi connectivity index (χ1n) is 20.5. The van der Waals surface area contributed by atoms with Crippen LogP contribution in [0, 0.1) is 0 Å². The third kappa shape index (κ3) is 4.90. The minimum absolute atomic E-state index is 0.117. The molecule has 11 rings (SSSR count). The summed E-state index contributed by atoms with van der Waals surface area (Å²) in [6.07, 6.45) is 0. The molecule has 58 heavy (non-hydrogen) atoms. The number of hydrogen-bond donors (Lipinski definition) is 0. The lowest BCUT2D eigenvalue weighted by molar-refractivity contribution is 0.591. The first-order chi connectivity index (χ1) is 28.5. The Morgan fingerprint density at radius 1 is 0.328 bits per heavy atom. The molecule has 0 aromatic heterocycles. The second kappa shape index (κ2) is 13.0. The van der Waals surface area contributed by atoms with Gasteiger partial charge in [0.2, 0.25) is 0 Å². The smallest absolute Gasteiger partial charge is 0.0726 e. The molecule has 0 saturated carbocycles. The minimum Gasteiger partial charge on any atom is -0.309 e. The number of hydrogen-bond acceptors (Lipinski definition) is 1. The van der Waals surface area contributed by atoms with Crippen molar-refractivity contribution in [3.05, 3.63) is 234 Å². The van der Waals surface area contributed by atoms with Gasteiger partial charge in [-0.1, -0.05) is 209 Å². The van der Waals surface area contributed by atoms with E-state index in [1.165, 1.54) is 94.5 Å². The molecule has 0 aliphatic heterocycles. The van der Waals surface area contributed by atoms with Gasteiger partial charge in [-0.15, -0.1) is 0 Å². The van der Waals surface area contributed by atoms with Crippen LogP contribution in [0.4, 0.5) is 17.1 Å². The Morgan fingerprint density at radius 2 is 0.793 bits per heavy atom. The van der Waals surface area contributed by atoms with Gasteiger partial charge in [0.1, 0.15) is 0 Å². The molecule has 0 N–H and O–H groups in total. The quantitative estimate of drug-likeness (QED) is 0.170. The first kappa shape index (κ1) is 34.3. The zero-order chi connectivity index (χ0) is 39.0. The molecule has 0 atom stereocenters. The molecule has 0 unspecified atom stereocenters. The lowest BCUT2D eigenvalue weighted by atomic mass is 9.70. The van der Waals surface area contributed by atoms with E-state index < -0.39 is 5.41 Å². The summed E-state index contributed by atoms with van der Waals surface area (Å²) in [5.41, 5.74) is 19.7. The summed E-state index contributed by atoms with van der Waals surface area (Å²) in [4.78, 5) is 2.58. The van der Waals surface area contributed by atoms with Gasteiger partial charge in [0, 0.05) is 16.8 Å². The molecule has 1 spiro atoms. The highest BCUT2D eigenvalue weighted by Gasteiger charge is 2.52. The molecule has 1 heteroatoms. The molecule has 0 fully saturated rings. The van der Waals surface area contributed by atoms with E-state index in [0.717, 1.165) is 5.69 Å². The number of nitrogens with zero attached hydrogens (tertiary/aromatic N) is 1. The Hall–Kier alpha value is -6.96. The lowest BCUT2D eigenvalue weighted by Crippen LogP contribution is -2.26. The largest absolute Gasteiger partial charge is 0.309 e. The monoisotopic (exact) mass is 741 g/mol. The fraction of sp³-hybridized carbons (Fsp3) is 0.0877. The highest BCUT2D eigenvalue weighted by atomic mass is 15.2. The highest BCUT2D eigenvalue weighted by molar-refractivity contribution is 6.08. The lowest BCUT2D eigenvalue weighted by Gasteiger charge is -2.35. The van der Waals surface area contributed by atoms with Gasteiger partial charge in [-0.3, -0.25) is 0 Å². The van der Waals surface area contributed by atoms with Crippen LogP contribution in [-0.2, 0) is 10.8 Å². The summed E-state index contributed by atoms with van der Waals surface area (Å²) in [6, 6.07) is 76.7. The van der Waals surface area contributed by atoms with Gasteiger partial charge in [-0.05, 0) is 95.6 Å². The number of anilines is 3. The second-order valence-corrected chi connectivity index (χ2v) is 16.8. The van der Waals surface area contributed by atoms with Crippen LogP contribution in [0.2, 0.25) is 0 Å². The summed E-state index contributed by atoms with van der Waals surface area (Å²) < 4.78 is 0. The van der Waals surface area contributed by atoms with Crippen molar-refractivity contribution < 1.29 is 0 Å². The molecule has 276 valence electrons. The maximum absolute atomic E-state index is 2.58. The topological polar surface area (TPSA) is 3.24 Å². The first-order valence-corrected chi connectivity index (χ1v) is 20.5. The Balaban J connectivity index is 1.23. The van der Waals surface area contributed by atoms with Crippen LogP contribution >= 0.6 is 0 Å². The van der Waals surface area contributed by atoms with Crippen LogP contribution in [0.3, 0.4) is 0 Å². The van der Waals surface area contributed by atoms with Gasteiger partial charge in [0.15, 0.2) is 0 Å². The zero-order valence-electron chi connectivity index (χ0n) is 33.1. The molecule has 2 aliphatic carbocycles. The Kier molecular flexibility index (Phi) is 7.72. The third-order valence-electron chi connectivity index (χ3n) is 12.6. The highest BCUT2D eigenvalue weighted by Crippen LogP contribution is 2.65. The maximum atomic E-state index is 2.58. The van der Waals surface area contributed by atoms with Crippen LogP contribution in [-0.4, -0.2) is 0 Å². The molecule has 9 aromatic rings. The van der Waals surface area contributed by atoms with Gasteiger partial charge in [-0.2, -0.15) is 0 Å². The van der Waals surface area contributed by atoms with Gasteiger partial charge in [-0.25, -0.2) is 0 Å². The van der Waals surface area contributed by atoms with Crippen molar-refractivity contribution in [3.8, 4) is 44.5 Å². The van der Waals surface area contributed by atoms with Crippen LogP contribution in [0.5, 0.6) is 0 Å². The van der Waals surface area contributed by atoms with E-state index in [0.29, 0.717) is 0 Å². The second-order valence-electron chi connectivity index (χ2n) is 16.8. The van der Waals surface area contributed by atoms with Crippen molar-refractivity contribution >= 4 is 27.8 Å². The predicted octanol–water partition coefficient (Wildman–Crippen LogP) is 15.3. The molecule has 0 amide bonds. The molecule has 0 saturated heterocycles. The van der Waals surface area contributed by atoms with E-state index in [9.17, 15) is 0 Å². The number of para-hydroxylation sites is 2. The van der Waals surface area contributed by atoms with E-state index in [1.807, 2.05) is 0 Å². The molecule has 1 nitrogen and oxygen atoms in total. The number of benzene rings is 9. The molecule has 0 heterocycles. The van der Waals surface area contributed by atoms with E-state index in [2.05, 4.69) is 232 Å². The fourth-order valence-corrected chi connectivity index (χ4v) is 10.3. The molecular formula is C57H43N. The van der Waals surface area contributed by atoms with E-state index in [1.54, 1.807) is 0 Å². The van der Waals surface area contributed by atoms with E-state index >= 15 is 0 Å². The van der Waals surface area contributed by atoms with E-state index in [-0.39, 0.29) is 5.41 Å². The summed E-state index contributed by atoms with van der Waals surface area (Å²) in [7, 11) is 0. The summed E-state index contributed by atoms with van der Waals surface area (Å²) in [5, 5.41) is 2.49. The Labute approximate surface area is 341 Å². The normalized spacial score (nSPS) is 13.2. The predicted molar refractivity (Wildman–Crippen MR) is 245 cm³/mol. The van der Waals surface area contributed by atoms with Gasteiger partial charge in [0.05, 0.1) is 16.8 Å². The zero-order valence-corrected chi connectivity index (χ0v) is 33.1. The van der Waals surface area contributed by atoms with Crippen LogP contribution in [0.25, 0.3) is 55.3 Å². The van der Waals surface area contributed by atoms with Crippen molar-refractivity contribution in [1.29, 1.82) is 0 Å². The van der Waals surface area contributed by atoms with Crippen LogP contribution in [0.15, 0.2) is 206 Å². The molecule has 0 bridgehead atoms. The minimum atomic E-state index is -0.437. The molecule has 0 radical (unpaired) electrons. The Bertz CT molecular complexity index is 3010. The standard InChI is InChI=1S/C57H43N/c1-56(2,3)50-31-16-18-34-53(50)58(52-33-17-12-26-45(52)42-37-36-39(38-20-5-4-6-21-38)40-22-7-8-23-41(40)42)54-35-19-32-51-55(54)46-27-11-15-30-49(46)57(51)47-28-13-9-24-43(47)44-25-10-14-29-48(44)57/h4-37H,1-3H3. The maximum Gasteiger partial charge on any atom is 0.0726 e. The summed E-state index contributed by atoms with van der Waals surface area (Å²) in [5.74, 6) is 0. The summed E-state index contributed by atoms with van der Waals surface area (Å²) in [6.45, 7) is 6.99. The fourth-order valence-electron chi connectivity index (χ4n) is 10.3.